The second kappa shape index (κ2) is 7.96. The number of aliphatic hydroxyl groups is 1. The first-order valence-electron chi connectivity index (χ1n) is 7.48. The van der Waals surface area contributed by atoms with Crippen molar-refractivity contribution in [1.29, 1.82) is 0 Å². The van der Waals surface area contributed by atoms with Crippen molar-refractivity contribution in [2.75, 3.05) is 33.4 Å². The van der Waals surface area contributed by atoms with Gasteiger partial charge in [0.25, 0.3) is 0 Å². The summed E-state index contributed by atoms with van der Waals surface area (Å²) in [6.07, 6.45) is 2.71. The van der Waals surface area contributed by atoms with Crippen molar-refractivity contribution in [3.05, 3.63) is 0 Å². The van der Waals surface area contributed by atoms with Gasteiger partial charge in [0.1, 0.15) is 0 Å². The first kappa shape index (κ1) is 17.4. The molecule has 5 nitrogen and oxygen atoms in total. The van der Waals surface area contributed by atoms with E-state index in [1.165, 1.54) is 7.11 Å². The molecule has 1 aliphatic rings. The van der Waals surface area contributed by atoms with Gasteiger partial charge in [-0.15, -0.1) is 0 Å². The summed E-state index contributed by atoms with van der Waals surface area (Å²) in [5, 5.41) is 10.5. The van der Waals surface area contributed by atoms with E-state index in [0.717, 1.165) is 26.0 Å². The first-order valence-corrected chi connectivity index (χ1v) is 7.48. The van der Waals surface area contributed by atoms with E-state index in [0.29, 0.717) is 19.5 Å². The lowest BCUT2D eigenvalue weighted by atomic mass is 9.92. The Kier molecular flexibility index (Phi) is 6.92. The third-order valence-corrected chi connectivity index (χ3v) is 4.13. The molecule has 1 heterocycles. The molecule has 0 saturated carbocycles. The maximum atomic E-state index is 11.3. The van der Waals surface area contributed by atoms with Crippen LogP contribution in [0.4, 0.5) is 0 Å². The average Bonchev–Trinajstić information content (AvgIpc) is 2.87. The van der Waals surface area contributed by atoms with E-state index in [1.54, 1.807) is 0 Å². The summed E-state index contributed by atoms with van der Waals surface area (Å²) in [4.78, 5) is 13.4. The van der Waals surface area contributed by atoms with Gasteiger partial charge in [0.05, 0.1) is 25.2 Å². The van der Waals surface area contributed by atoms with Crippen molar-refractivity contribution in [2.24, 2.45) is 5.92 Å². The monoisotopic (exact) mass is 287 g/mol. The Hall–Kier alpha value is -0.650. The second-order valence-electron chi connectivity index (χ2n) is 6.21. The number of carbonyl (C=O) groups is 1. The Bertz CT molecular complexity index is 298. The second-order valence-corrected chi connectivity index (χ2v) is 6.21. The van der Waals surface area contributed by atoms with Gasteiger partial charge in [-0.05, 0) is 25.7 Å². The molecule has 2 atom stereocenters. The van der Waals surface area contributed by atoms with E-state index in [-0.39, 0.29) is 18.0 Å². The van der Waals surface area contributed by atoms with Crippen molar-refractivity contribution in [1.82, 2.24) is 4.90 Å². The van der Waals surface area contributed by atoms with Crippen LogP contribution in [0.3, 0.4) is 0 Å². The van der Waals surface area contributed by atoms with E-state index in [1.807, 2.05) is 20.8 Å². The van der Waals surface area contributed by atoms with Gasteiger partial charge in [-0.25, -0.2) is 0 Å². The van der Waals surface area contributed by atoms with E-state index in [4.69, 9.17) is 4.74 Å². The van der Waals surface area contributed by atoms with Crippen LogP contribution in [0.1, 0.15) is 40.0 Å². The smallest absolute Gasteiger partial charge is 0.306 e. The Morgan fingerprint density at radius 2 is 2.25 bits per heavy atom. The molecular weight excluding hydrogens is 258 g/mol. The van der Waals surface area contributed by atoms with Crippen molar-refractivity contribution in [3.63, 3.8) is 0 Å². The van der Waals surface area contributed by atoms with Gasteiger partial charge in [0, 0.05) is 26.2 Å². The van der Waals surface area contributed by atoms with E-state index >= 15 is 0 Å². The molecule has 0 bridgehead atoms. The number of esters is 1. The molecule has 0 spiro atoms. The minimum Gasteiger partial charge on any atom is -0.469 e. The number of methoxy groups -OCH3 is 1. The molecule has 0 aromatic heterocycles. The van der Waals surface area contributed by atoms with Crippen LogP contribution in [0.15, 0.2) is 0 Å². The van der Waals surface area contributed by atoms with E-state index < -0.39 is 5.60 Å². The maximum Gasteiger partial charge on any atom is 0.306 e. The highest BCUT2D eigenvalue weighted by atomic mass is 16.5. The third-order valence-electron chi connectivity index (χ3n) is 4.13. The molecule has 1 saturated heterocycles. The number of carbonyl (C=O) groups excluding carboxylic acids is 1. The normalized spacial score (nSPS) is 22.2. The van der Waals surface area contributed by atoms with Crippen LogP contribution in [-0.4, -0.2) is 61.0 Å². The van der Waals surface area contributed by atoms with Crippen molar-refractivity contribution >= 4 is 5.97 Å². The fraction of sp³-hybridized carbons (Fsp3) is 0.933. The van der Waals surface area contributed by atoms with Gasteiger partial charge in [-0.3, -0.25) is 9.69 Å². The molecule has 0 aromatic rings. The Morgan fingerprint density at radius 3 is 2.75 bits per heavy atom. The number of hydrogen-bond donors (Lipinski definition) is 1. The Labute approximate surface area is 122 Å². The van der Waals surface area contributed by atoms with Gasteiger partial charge in [-0.1, -0.05) is 13.8 Å². The molecule has 0 radical (unpaired) electrons. The topological polar surface area (TPSA) is 59.0 Å². The largest absolute Gasteiger partial charge is 0.469 e. The molecule has 1 aliphatic heterocycles. The Balaban J connectivity index is 2.55. The fourth-order valence-electron chi connectivity index (χ4n) is 2.30. The summed E-state index contributed by atoms with van der Waals surface area (Å²) in [5.74, 6) is -0.0563. The third kappa shape index (κ3) is 5.77. The number of rotatable bonds is 8. The molecule has 20 heavy (non-hydrogen) atoms. The van der Waals surface area contributed by atoms with Crippen LogP contribution in [-0.2, 0) is 14.3 Å². The van der Waals surface area contributed by atoms with Gasteiger partial charge < -0.3 is 14.6 Å². The van der Waals surface area contributed by atoms with Crippen LogP contribution in [0.5, 0.6) is 0 Å². The lowest BCUT2D eigenvalue weighted by Crippen LogP contribution is -2.47. The highest BCUT2D eigenvalue weighted by molar-refractivity contribution is 5.69. The SMILES string of the molecule is COC(=O)CCN(CC1CCCO1)CC(C)(O)C(C)C. The van der Waals surface area contributed by atoms with Crippen LogP contribution in [0.2, 0.25) is 0 Å². The van der Waals surface area contributed by atoms with Gasteiger partial charge in [0.2, 0.25) is 0 Å². The highest BCUT2D eigenvalue weighted by Crippen LogP contribution is 2.20. The summed E-state index contributed by atoms with van der Waals surface area (Å²) in [5.41, 5.74) is -0.769. The zero-order valence-electron chi connectivity index (χ0n) is 13.2. The molecule has 5 heteroatoms. The quantitative estimate of drug-likeness (QED) is 0.685. The zero-order chi connectivity index (χ0) is 15.2. The van der Waals surface area contributed by atoms with Crippen molar-refractivity contribution in [3.8, 4) is 0 Å². The van der Waals surface area contributed by atoms with E-state index in [9.17, 15) is 9.90 Å². The summed E-state index contributed by atoms with van der Waals surface area (Å²) in [6.45, 7) is 8.57. The molecule has 1 fully saturated rings. The van der Waals surface area contributed by atoms with Crippen molar-refractivity contribution < 1.29 is 19.4 Å². The lowest BCUT2D eigenvalue weighted by Gasteiger charge is -2.35. The van der Waals surface area contributed by atoms with E-state index in [2.05, 4.69) is 9.64 Å². The molecule has 1 N–H and O–H groups in total. The molecule has 0 amide bonds. The molecule has 2 unspecified atom stereocenters. The molecular formula is C15H29NO4. The summed E-state index contributed by atoms with van der Waals surface area (Å²) < 4.78 is 10.3. The molecule has 0 aliphatic carbocycles. The fourth-order valence-corrected chi connectivity index (χ4v) is 2.30. The molecule has 1 rings (SSSR count). The zero-order valence-corrected chi connectivity index (χ0v) is 13.2. The summed E-state index contributed by atoms with van der Waals surface area (Å²) in [6, 6.07) is 0. The first-order chi connectivity index (χ1) is 9.35. The number of ether oxygens (including phenoxy) is 2. The minimum atomic E-state index is -0.769. The standard InChI is InChI=1S/C15H29NO4/c1-12(2)15(3,18)11-16(8-7-14(17)19-4)10-13-6-5-9-20-13/h12-13,18H,5-11H2,1-4H3. The van der Waals surface area contributed by atoms with Crippen LogP contribution < -0.4 is 0 Å². The van der Waals surface area contributed by atoms with Gasteiger partial charge >= 0.3 is 5.97 Å². The number of nitrogens with zero attached hydrogens (tertiary/aromatic N) is 1. The van der Waals surface area contributed by atoms with Crippen LogP contribution in [0, 0.1) is 5.92 Å². The van der Waals surface area contributed by atoms with Crippen molar-refractivity contribution in [2.45, 2.75) is 51.7 Å². The summed E-state index contributed by atoms with van der Waals surface area (Å²) in [7, 11) is 1.40. The molecule has 0 aromatic carbocycles. The van der Waals surface area contributed by atoms with Gasteiger partial charge in [0.15, 0.2) is 0 Å². The summed E-state index contributed by atoms with van der Waals surface area (Å²) >= 11 is 0. The highest BCUT2D eigenvalue weighted by Gasteiger charge is 2.29. The lowest BCUT2D eigenvalue weighted by molar-refractivity contribution is -0.141. The average molecular weight is 287 g/mol. The number of hydrogen-bond acceptors (Lipinski definition) is 5. The molecule has 118 valence electrons. The maximum absolute atomic E-state index is 11.3. The van der Waals surface area contributed by atoms with Crippen LogP contribution in [0.25, 0.3) is 0 Å². The predicted molar refractivity (Wildman–Crippen MR) is 77.5 cm³/mol. The van der Waals surface area contributed by atoms with Crippen LogP contribution >= 0.6 is 0 Å². The minimum absolute atomic E-state index is 0.160. The predicted octanol–water partition coefficient (Wildman–Crippen LogP) is 1.44. The Morgan fingerprint density at radius 1 is 1.55 bits per heavy atom. The van der Waals surface area contributed by atoms with Gasteiger partial charge in [-0.2, -0.15) is 0 Å².